The van der Waals surface area contributed by atoms with Gasteiger partial charge in [0.15, 0.2) is 0 Å². The van der Waals surface area contributed by atoms with Crippen molar-refractivity contribution in [3.63, 3.8) is 0 Å². The summed E-state index contributed by atoms with van der Waals surface area (Å²) in [6.45, 7) is 12.3. The molecule has 1 saturated heterocycles. The second-order valence-electron chi connectivity index (χ2n) is 11.6. The van der Waals surface area contributed by atoms with Crippen LogP contribution in [-0.2, 0) is 16.7 Å². The quantitative estimate of drug-likeness (QED) is 0.248. The monoisotopic (exact) mass is 562 g/mol. The molecule has 0 atom stereocenters. The number of morpholine rings is 1. The average Bonchev–Trinajstić information content (AvgIpc) is 2.98. The fraction of sp³-hybridized carbons (Fsp3) is 0.314. The van der Waals surface area contributed by atoms with E-state index in [-0.39, 0.29) is 18.1 Å². The molecule has 1 aromatic heterocycles. The van der Waals surface area contributed by atoms with E-state index >= 15 is 0 Å². The summed E-state index contributed by atoms with van der Waals surface area (Å²) in [5.74, 6) is 5.75. The van der Waals surface area contributed by atoms with Crippen molar-refractivity contribution in [2.45, 2.75) is 39.7 Å². The zero-order valence-electron chi connectivity index (χ0n) is 24.8. The summed E-state index contributed by atoms with van der Waals surface area (Å²) in [7, 11) is 0. The summed E-state index contributed by atoms with van der Waals surface area (Å²) in [5.41, 5.74) is 7.07. The van der Waals surface area contributed by atoms with Gasteiger partial charge in [0.1, 0.15) is 6.61 Å². The van der Waals surface area contributed by atoms with Crippen LogP contribution in [0.25, 0.3) is 21.9 Å². The molecule has 0 spiro atoms. The van der Waals surface area contributed by atoms with Crippen molar-refractivity contribution >= 4 is 28.2 Å². The van der Waals surface area contributed by atoms with Crippen LogP contribution in [0.3, 0.4) is 0 Å². The van der Waals surface area contributed by atoms with Gasteiger partial charge in [-0.05, 0) is 58.7 Å². The van der Waals surface area contributed by atoms with E-state index in [1.807, 2.05) is 55.6 Å². The largest absolute Gasteiger partial charge is 0.384 e. The second-order valence-corrected chi connectivity index (χ2v) is 11.6. The number of urea groups is 1. The number of nitrogens with one attached hydrogen (secondary N) is 2. The van der Waals surface area contributed by atoms with Crippen LogP contribution in [0.1, 0.15) is 43.2 Å². The SMILES string of the molecule is Cc1c(C#CCO)cc(C(C)(C)C)cc1NC(=O)Nc1ccc(-c2ccc(CN3CCOCC3)nc2)c2ccccc12. The molecule has 42 heavy (non-hydrogen) atoms. The van der Waals surface area contributed by atoms with Crippen LogP contribution in [0.4, 0.5) is 16.2 Å². The number of nitrogens with zero attached hydrogens (tertiary/aromatic N) is 2. The number of hydrogen-bond acceptors (Lipinski definition) is 5. The van der Waals surface area contributed by atoms with Crippen LogP contribution < -0.4 is 10.6 Å². The van der Waals surface area contributed by atoms with E-state index < -0.39 is 0 Å². The average molecular weight is 563 g/mol. The number of aromatic nitrogens is 1. The van der Waals surface area contributed by atoms with Crippen LogP contribution >= 0.6 is 0 Å². The highest BCUT2D eigenvalue weighted by atomic mass is 16.5. The standard InChI is InChI=1S/C35H38N4O3/c1-24-25(8-7-17-40)20-27(35(2,3)4)21-33(24)38-34(41)37-32-14-13-29(30-9-5-6-10-31(30)32)26-11-12-28(36-22-26)23-39-15-18-42-19-16-39/h5-6,9-14,20-22,40H,15-19,23H2,1-4H3,(H2,37,38,41). The molecule has 3 aromatic carbocycles. The van der Waals surface area contributed by atoms with Crippen LogP contribution in [0, 0.1) is 18.8 Å². The number of aliphatic hydroxyl groups excluding tert-OH is 1. The summed E-state index contributed by atoms with van der Waals surface area (Å²) in [6, 6.07) is 19.9. The van der Waals surface area contributed by atoms with Gasteiger partial charge in [0.2, 0.25) is 0 Å². The number of carbonyl (C=O) groups is 1. The number of anilines is 2. The third-order valence-corrected chi connectivity index (χ3v) is 7.62. The Morgan fingerprint density at radius 3 is 2.43 bits per heavy atom. The molecule has 216 valence electrons. The molecule has 7 nitrogen and oxygen atoms in total. The van der Waals surface area contributed by atoms with Crippen LogP contribution in [0.5, 0.6) is 0 Å². The second kappa shape index (κ2) is 12.7. The fourth-order valence-corrected chi connectivity index (χ4v) is 5.14. The first-order chi connectivity index (χ1) is 20.2. The van der Waals surface area contributed by atoms with E-state index in [0.29, 0.717) is 11.4 Å². The molecule has 0 radical (unpaired) electrons. The first-order valence-electron chi connectivity index (χ1n) is 14.3. The third-order valence-electron chi connectivity index (χ3n) is 7.62. The summed E-state index contributed by atoms with van der Waals surface area (Å²) < 4.78 is 5.45. The number of benzene rings is 3. The van der Waals surface area contributed by atoms with Crippen LogP contribution in [0.15, 0.2) is 66.9 Å². The molecule has 1 aliphatic rings. The number of ether oxygens (including phenoxy) is 1. The maximum absolute atomic E-state index is 13.3. The maximum Gasteiger partial charge on any atom is 0.323 e. The lowest BCUT2D eigenvalue weighted by Crippen LogP contribution is -2.35. The van der Waals surface area contributed by atoms with Crippen molar-refractivity contribution in [2.75, 3.05) is 43.5 Å². The minimum absolute atomic E-state index is 0.141. The molecular formula is C35H38N4O3. The van der Waals surface area contributed by atoms with Crippen molar-refractivity contribution < 1.29 is 14.6 Å². The Hall–Kier alpha value is -4.22. The van der Waals surface area contributed by atoms with E-state index in [9.17, 15) is 9.90 Å². The van der Waals surface area contributed by atoms with Gasteiger partial charge in [-0.25, -0.2) is 4.79 Å². The number of hydrogen-bond donors (Lipinski definition) is 3. The van der Waals surface area contributed by atoms with Crippen molar-refractivity contribution in [1.82, 2.24) is 9.88 Å². The lowest BCUT2D eigenvalue weighted by molar-refractivity contribution is 0.0336. The van der Waals surface area contributed by atoms with Gasteiger partial charge in [-0.3, -0.25) is 9.88 Å². The number of fused-ring (bicyclic) bond motifs is 1. The normalized spacial score (nSPS) is 13.8. The predicted molar refractivity (Wildman–Crippen MR) is 170 cm³/mol. The van der Waals surface area contributed by atoms with E-state index in [4.69, 9.17) is 9.72 Å². The Morgan fingerprint density at radius 2 is 1.74 bits per heavy atom. The first kappa shape index (κ1) is 29.3. The minimum Gasteiger partial charge on any atom is -0.384 e. The number of aliphatic hydroxyl groups is 1. The molecule has 4 aromatic rings. The molecule has 5 rings (SSSR count). The van der Waals surface area contributed by atoms with Gasteiger partial charge in [-0.2, -0.15) is 0 Å². The van der Waals surface area contributed by atoms with Crippen molar-refractivity contribution in [3.8, 4) is 23.0 Å². The van der Waals surface area contributed by atoms with Gasteiger partial charge >= 0.3 is 6.03 Å². The van der Waals surface area contributed by atoms with Crippen LogP contribution in [-0.4, -0.2) is 53.9 Å². The van der Waals surface area contributed by atoms with Gasteiger partial charge in [0, 0.05) is 48.0 Å². The zero-order chi connectivity index (χ0) is 29.7. The van der Waals surface area contributed by atoms with E-state index in [1.54, 1.807) is 0 Å². The van der Waals surface area contributed by atoms with Gasteiger partial charge in [-0.15, -0.1) is 0 Å². The fourth-order valence-electron chi connectivity index (χ4n) is 5.14. The summed E-state index contributed by atoms with van der Waals surface area (Å²) in [4.78, 5) is 20.4. The molecule has 0 saturated carbocycles. The molecule has 1 aliphatic heterocycles. The molecule has 7 heteroatoms. The van der Waals surface area contributed by atoms with Crippen molar-refractivity contribution in [3.05, 3.63) is 89.2 Å². The Morgan fingerprint density at radius 1 is 1.00 bits per heavy atom. The number of pyridine rings is 1. The summed E-state index contributed by atoms with van der Waals surface area (Å²) in [6.07, 6.45) is 1.93. The van der Waals surface area contributed by atoms with Gasteiger partial charge in [0.25, 0.3) is 0 Å². The highest BCUT2D eigenvalue weighted by Crippen LogP contribution is 2.34. The van der Waals surface area contributed by atoms with Crippen LogP contribution in [0.2, 0.25) is 0 Å². The molecular weight excluding hydrogens is 524 g/mol. The Bertz CT molecular complexity index is 1640. The van der Waals surface area contributed by atoms with Gasteiger partial charge in [0.05, 0.1) is 24.6 Å². The van der Waals surface area contributed by atoms with E-state index in [0.717, 1.165) is 77.1 Å². The molecule has 1 fully saturated rings. The number of carbonyl (C=O) groups excluding carboxylic acids is 1. The van der Waals surface area contributed by atoms with E-state index in [2.05, 4.69) is 66.3 Å². The topological polar surface area (TPSA) is 86.7 Å². The molecule has 3 N–H and O–H groups in total. The molecule has 2 heterocycles. The van der Waals surface area contributed by atoms with Crippen molar-refractivity contribution in [2.24, 2.45) is 0 Å². The summed E-state index contributed by atoms with van der Waals surface area (Å²) >= 11 is 0. The smallest absolute Gasteiger partial charge is 0.323 e. The van der Waals surface area contributed by atoms with Gasteiger partial charge < -0.3 is 20.5 Å². The van der Waals surface area contributed by atoms with E-state index in [1.165, 1.54) is 0 Å². The zero-order valence-corrected chi connectivity index (χ0v) is 24.8. The molecule has 2 amide bonds. The summed E-state index contributed by atoms with van der Waals surface area (Å²) in [5, 5.41) is 17.3. The number of amides is 2. The molecule has 0 aliphatic carbocycles. The first-order valence-corrected chi connectivity index (χ1v) is 14.3. The Balaban J connectivity index is 1.38. The van der Waals surface area contributed by atoms with Crippen molar-refractivity contribution in [1.29, 1.82) is 0 Å². The highest BCUT2D eigenvalue weighted by Gasteiger charge is 2.19. The predicted octanol–water partition coefficient (Wildman–Crippen LogP) is 6.33. The number of rotatable bonds is 5. The minimum atomic E-state index is -0.336. The highest BCUT2D eigenvalue weighted by molar-refractivity contribution is 6.10. The molecule has 0 bridgehead atoms. The Kier molecular flexibility index (Phi) is 8.89. The molecule has 0 unspecified atom stereocenters. The van der Waals surface area contributed by atoms with Gasteiger partial charge in [-0.1, -0.05) is 69.0 Å². The Labute approximate surface area is 247 Å². The lowest BCUT2D eigenvalue weighted by Gasteiger charge is -2.26. The third kappa shape index (κ3) is 6.80. The maximum atomic E-state index is 13.3. The lowest BCUT2D eigenvalue weighted by atomic mass is 9.84.